The Balaban J connectivity index is 1.62. The first-order valence-corrected chi connectivity index (χ1v) is 12.0. The maximum atomic E-state index is 13.1. The van der Waals surface area contributed by atoms with Crippen LogP contribution in [0.15, 0.2) is 96.4 Å². The fraction of sp³-hybridized carbons (Fsp3) is 0.192. The molecule has 0 radical (unpaired) electrons. The average Bonchev–Trinajstić information content (AvgIpc) is 2.82. The zero-order valence-electron chi connectivity index (χ0n) is 18.2. The van der Waals surface area contributed by atoms with Crippen molar-refractivity contribution in [3.8, 4) is 0 Å². The highest BCUT2D eigenvalue weighted by atomic mass is 32.2. The van der Waals surface area contributed by atoms with Crippen LogP contribution in [0.25, 0.3) is 0 Å². The van der Waals surface area contributed by atoms with Crippen LogP contribution in [0.2, 0.25) is 0 Å². The number of anilines is 1. The molecular formula is C26H28N2O3S. The Hall–Kier alpha value is -3.38. The lowest BCUT2D eigenvalue weighted by atomic mass is 10.1. The quantitative estimate of drug-likeness (QED) is 0.360. The Labute approximate surface area is 190 Å². The van der Waals surface area contributed by atoms with Crippen molar-refractivity contribution in [2.45, 2.75) is 24.7 Å². The first kappa shape index (κ1) is 23.3. The molecule has 5 nitrogen and oxygen atoms in total. The van der Waals surface area contributed by atoms with Gasteiger partial charge in [-0.05, 0) is 61.7 Å². The number of carbonyl (C=O) groups is 1. The Bertz CT molecular complexity index is 1140. The van der Waals surface area contributed by atoms with E-state index in [0.717, 1.165) is 12.8 Å². The van der Waals surface area contributed by atoms with Crippen molar-refractivity contribution >= 4 is 21.6 Å². The molecule has 0 aliphatic heterocycles. The molecular weight excluding hydrogens is 420 g/mol. The minimum absolute atomic E-state index is 0.127. The van der Waals surface area contributed by atoms with Crippen molar-refractivity contribution in [1.82, 2.24) is 5.32 Å². The van der Waals surface area contributed by atoms with Crippen molar-refractivity contribution in [2.24, 2.45) is 0 Å². The first-order chi connectivity index (χ1) is 15.4. The third kappa shape index (κ3) is 5.86. The topological polar surface area (TPSA) is 66.5 Å². The third-order valence-corrected chi connectivity index (χ3v) is 6.90. The molecule has 0 aliphatic rings. The first-order valence-electron chi connectivity index (χ1n) is 10.5. The van der Waals surface area contributed by atoms with Crippen LogP contribution in [-0.2, 0) is 16.4 Å². The van der Waals surface area contributed by atoms with E-state index in [2.05, 4.69) is 43.1 Å². The smallest absolute Gasteiger partial charge is 0.264 e. The fourth-order valence-corrected chi connectivity index (χ4v) is 4.77. The van der Waals surface area contributed by atoms with E-state index >= 15 is 0 Å². The summed E-state index contributed by atoms with van der Waals surface area (Å²) in [4.78, 5) is 12.7. The molecule has 0 aromatic heterocycles. The standard InChI is InChI=1S/C26H28N2O3S/c1-3-20-28(32(30,31)25-9-5-4-6-10-25)24-17-15-23(16-18-24)26(29)27-19-7-8-22-13-11-21(2)12-14-22/h3-6,9-18H,1,7-8,19-20H2,2H3,(H,27,29). The van der Waals surface area contributed by atoms with Gasteiger partial charge in [-0.1, -0.05) is 54.1 Å². The molecule has 6 heteroatoms. The van der Waals surface area contributed by atoms with Gasteiger partial charge in [-0.25, -0.2) is 8.42 Å². The van der Waals surface area contributed by atoms with Gasteiger partial charge in [0.1, 0.15) is 0 Å². The summed E-state index contributed by atoms with van der Waals surface area (Å²) >= 11 is 0. The Morgan fingerprint density at radius 3 is 2.25 bits per heavy atom. The zero-order chi connectivity index (χ0) is 23.0. The number of hydrogen-bond donors (Lipinski definition) is 1. The lowest BCUT2D eigenvalue weighted by Gasteiger charge is -2.23. The molecule has 166 valence electrons. The number of benzene rings is 3. The van der Waals surface area contributed by atoms with Gasteiger partial charge in [-0.15, -0.1) is 6.58 Å². The van der Waals surface area contributed by atoms with Crippen molar-refractivity contribution < 1.29 is 13.2 Å². The van der Waals surface area contributed by atoms with Crippen LogP contribution in [0.4, 0.5) is 5.69 Å². The van der Waals surface area contributed by atoms with E-state index in [9.17, 15) is 13.2 Å². The summed E-state index contributed by atoms with van der Waals surface area (Å²) in [7, 11) is -3.73. The third-order valence-electron chi connectivity index (χ3n) is 5.09. The highest BCUT2D eigenvalue weighted by Crippen LogP contribution is 2.24. The van der Waals surface area contributed by atoms with Crippen LogP contribution in [0.3, 0.4) is 0 Å². The maximum absolute atomic E-state index is 13.1. The van der Waals surface area contributed by atoms with Crippen LogP contribution in [-0.4, -0.2) is 27.4 Å². The number of nitrogens with one attached hydrogen (secondary N) is 1. The van der Waals surface area contributed by atoms with E-state index in [1.807, 2.05) is 0 Å². The molecule has 0 saturated carbocycles. The number of sulfonamides is 1. The van der Waals surface area contributed by atoms with Gasteiger partial charge in [0.15, 0.2) is 0 Å². The molecule has 0 unspecified atom stereocenters. The Morgan fingerprint density at radius 1 is 0.969 bits per heavy atom. The van der Waals surface area contributed by atoms with Gasteiger partial charge in [0, 0.05) is 12.1 Å². The Kier molecular flexibility index (Phi) is 7.84. The number of amides is 1. The number of rotatable bonds is 10. The normalized spacial score (nSPS) is 11.0. The second-order valence-electron chi connectivity index (χ2n) is 7.53. The van der Waals surface area contributed by atoms with E-state index in [0.29, 0.717) is 17.8 Å². The molecule has 0 atom stereocenters. The molecule has 3 aromatic rings. The van der Waals surface area contributed by atoms with Crippen molar-refractivity contribution in [3.63, 3.8) is 0 Å². The molecule has 1 amide bonds. The average molecular weight is 449 g/mol. The number of aryl methyl sites for hydroxylation is 2. The number of nitrogens with zero attached hydrogens (tertiary/aromatic N) is 1. The van der Waals surface area contributed by atoms with Gasteiger partial charge < -0.3 is 5.32 Å². The van der Waals surface area contributed by atoms with Crippen LogP contribution in [0, 0.1) is 6.92 Å². The SMILES string of the molecule is C=CCN(c1ccc(C(=O)NCCCc2ccc(C)cc2)cc1)S(=O)(=O)c1ccccc1. The molecule has 0 fully saturated rings. The minimum atomic E-state index is -3.73. The van der Waals surface area contributed by atoms with Crippen LogP contribution in [0.1, 0.15) is 27.9 Å². The van der Waals surface area contributed by atoms with Crippen molar-refractivity contribution in [1.29, 1.82) is 0 Å². The monoisotopic (exact) mass is 448 g/mol. The van der Waals surface area contributed by atoms with Crippen molar-refractivity contribution in [3.05, 3.63) is 108 Å². The summed E-state index contributed by atoms with van der Waals surface area (Å²) in [5.41, 5.74) is 3.44. The van der Waals surface area contributed by atoms with E-state index in [-0.39, 0.29) is 17.3 Å². The predicted octanol–water partition coefficient (Wildman–Crippen LogP) is 4.74. The van der Waals surface area contributed by atoms with Crippen LogP contribution in [0.5, 0.6) is 0 Å². The molecule has 3 rings (SSSR count). The summed E-state index contributed by atoms with van der Waals surface area (Å²) in [5.74, 6) is -0.179. The summed E-state index contributed by atoms with van der Waals surface area (Å²) in [5, 5.41) is 2.92. The Morgan fingerprint density at radius 2 is 1.62 bits per heavy atom. The minimum Gasteiger partial charge on any atom is -0.352 e. The summed E-state index contributed by atoms with van der Waals surface area (Å²) < 4.78 is 27.4. The van der Waals surface area contributed by atoms with Crippen LogP contribution >= 0.6 is 0 Å². The lowest BCUT2D eigenvalue weighted by Crippen LogP contribution is -2.31. The lowest BCUT2D eigenvalue weighted by molar-refractivity contribution is 0.0953. The molecule has 3 aromatic carbocycles. The highest BCUT2D eigenvalue weighted by Gasteiger charge is 2.23. The van der Waals surface area contributed by atoms with E-state index in [4.69, 9.17) is 0 Å². The predicted molar refractivity (Wildman–Crippen MR) is 129 cm³/mol. The summed E-state index contributed by atoms with van der Waals surface area (Å²) in [6.07, 6.45) is 3.28. The van der Waals surface area contributed by atoms with Gasteiger partial charge in [-0.2, -0.15) is 0 Å². The summed E-state index contributed by atoms with van der Waals surface area (Å²) in [6, 6.07) is 23.2. The number of carbonyl (C=O) groups excluding carboxylic acids is 1. The maximum Gasteiger partial charge on any atom is 0.264 e. The molecule has 1 N–H and O–H groups in total. The molecule has 0 aliphatic carbocycles. The zero-order valence-corrected chi connectivity index (χ0v) is 19.0. The van der Waals surface area contributed by atoms with Gasteiger partial charge in [-0.3, -0.25) is 9.10 Å². The van der Waals surface area contributed by atoms with Gasteiger partial charge in [0.2, 0.25) is 0 Å². The molecule has 0 saturated heterocycles. The van der Waals surface area contributed by atoms with Gasteiger partial charge in [0.05, 0.1) is 17.1 Å². The fourth-order valence-electron chi connectivity index (χ4n) is 3.31. The van der Waals surface area contributed by atoms with E-state index < -0.39 is 10.0 Å². The van der Waals surface area contributed by atoms with Crippen LogP contribution < -0.4 is 9.62 Å². The van der Waals surface area contributed by atoms with E-state index in [1.165, 1.54) is 21.5 Å². The largest absolute Gasteiger partial charge is 0.352 e. The second-order valence-corrected chi connectivity index (χ2v) is 9.39. The van der Waals surface area contributed by atoms with Gasteiger partial charge >= 0.3 is 0 Å². The van der Waals surface area contributed by atoms with Gasteiger partial charge in [0.25, 0.3) is 15.9 Å². The number of hydrogen-bond acceptors (Lipinski definition) is 3. The molecule has 32 heavy (non-hydrogen) atoms. The highest BCUT2D eigenvalue weighted by molar-refractivity contribution is 7.92. The summed E-state index contributed by atoms with van der Waals surface area (Å²) in [6.45, 7) is 6.43. The molecule has 0 heterocycles. The molecule has 0 bridgehead atoms. The van der Waals surface area contributed by atoms with Crippen molar-refractivity contribution in [2.75, 3.05) is 17.4 Å². The molecule has 0 spiro atoms. The second kappa shape index (κ2) is 10.8. The van der Waals surface area contributed by atoms with E-state index in [1.54, 1.807) is 54.6 Å².